The Balaban J connectivity index is 2.91. The summed E-state index contributed by atoms with van der Waals surface area (Å²) in [5.74, 6) is 0.0265. The smallest absolute Gasteiger partial charge is 0.250 e. The van der Waals surface area contributed by atoms with E-state index in [4.69, 9.17) is 9.47 Å². The quantitative estimate of drug-likeness (QED) is 0.826. The van der Waals surface area contributed by atoms with Crippen molar-refractivity contribution in [2.24, 2.45) is 0 Å². The molecule has 0 aliphatic heterocycles. The van der Waals surface area contributed by atoms with Crippen LogP contribution in [0.1, 0.15) is 6.92 Å². The minimum atomic E-state index is -0.296. The molecular formula is C12H16N2O4. The molecule has 0 fully saturated rings. The molecule has 0 bridgehead atoms. The maximum Gasteiger partial charge on any atom is 0.250 e. The van der Waals surface area contributed by atoms with Crippen molar-refractivity contribution in [1.29, 1.82) is 0 Å². The van der Waals surface area contributed by atoms with E-state index in [0.717, 1.165) is 0 Å². The lowest BCUT2D eigenvalue weighted by Crippen LogP contribution is -2.18. The van der Waals surface area contributed by atoms with Gasteiger partial charge in [0.15, 0.2) is 0 Å². The molecule has 0 atom stereocenters. The zero-order valence-corrected chi connectivity index (χ0v) is 10.6. The van der Waals surface area contributed by atoms with E-state index in [2.05, 4.69) is 10.6 Å². The number of ether oxygens (including phenoxy) is 2. The van der Waals surface area contributed by atoms with Crippen LogP contribution in [0.3, 0.4) is 0 Å². The van der Waals surface area contributed by atoms with Crippen molar-refractivity contribution in [3.8, 4) is 5.75 Å². The van der Waals surface area contributed by atoms with Crippen LogP contribution in [0.25, 0.3) is 0 Å². The Bertz CT molecular complexity index is 446. The van der Waals surface area contributed by atoms with Crippen LogP contribution in [0.5, 0.6) is 5.75 Å². The highest BCUT2D eigenvalue weighted by Gasteiger charge is 2.08. The van der Waals surface area contributed by atoms with E-state index < -0.39 is 0 Å². The second-order valence-electron chi connectivity index (χ2n) is 3.58. The number of nitrogens with one attached hydrogen (secondary N) is 2. The summed E-state index contributed by atoms with van der Waals surface area (Å²) < 4.78 is 9.84. The first-order valence-electron chi connectivity index (χ1n) is 5.31. The average molecular weight is 252 g/mol. The van der Waals surface area contributed by atoms with Gasteiger partial charge in [0.05, 0.1) is 12.8 Å². The van der Waals surface area contributed by atoms with E-state index in [0.29, 0.717) is 17.1 Å². The van der Waals surface area contributed by atoms with Gasteiger partial charge < -0.3 is 20.1 Å². The number of rotatable bonds is 5. The number of methoxy groups -OCH3 is 2. The van der Waals surface area contributed by atoms with E-state index in [1.807, 2.05) is 0 Å². The highest BCUT2D eigenvalue weighted by atomic mass is 16.5. The van der Waals surface area contributed by atoms with Crippen LogP contribution >= 0.6 is 0 Å². The maximum absolute atomic E-state index is 11.4. The monoisotopic (exact) mass is 252 g/mol. The largest absolute Gasteiger partial charge is 0.495 e. The molecule has 2 N–H and O–H groups in total. The maximum atomic E-state index is 11.4. The Morgan fingerprint density at radius 3 is 2.50 bits per heavy atom. The van der Waals surface area contributed by atoms with Gasteiger partial charge in [-0.25, -0.2) is 0 Å². The fraction of sp³-hybridized carbons (Fsp3) is 0.333. The number of anilines is 2. The highest BCUT2D eigenvalue weighted by molar-refractivity contribution is 5.95. The van der Waals surface area contributed by atoms with Gasteiger partial charge in [0, 0.05) is 19.7 Å². The number of carbonyl (C=O) groups excluding carboxylic acids is 2. The second-order valence-corrected chi connectivity index (χ2v) is 3.58. The van der Waals surface area contributed by atoms with Gasteiger partial charge in [-0.1, -0.05) is 0 Å². The van der Waals surface area contributed by atoms with Gasteiger partial charge in [0.2, 0.25) is 11.8 Å². The summed E-state index contributed by atoms with van der Waals surface area (Å²) in [6.45, 7) is 1.36. The first-order valence-corrected chi connectivity index (χ1v) is 5.31. The fourth-order valence-electron chi connectivity index (χ4n) is 1.40. The van der Waals surface area contributed by atoms with Crippen molar-refractivity contribution >= 4 is 23.2 Å². The molecule has 0 unspecified atom stereocenters. The molecule has 0 heterocycles. The molecule has 6 nitrogen and oxygen atoms in total. The lowest BCUT2D eigenvalue weighted by Gasteiger charge is -2.12. The third kappa shape index (κ3) is 4.06. The summed E-state index contributed by atoms with van der Waals surface area (Å²) >= 11 is 0. The van der Waals surface area contributed by atoms with E-state index in [-0.39, 0.29) is 18.4 Å². The predicted octanol–water partition coefficient (Wildman–Crippen LogP) is 1.24. The first-order chi connectivity index (χ1) is 8.56. The van der Waals surface area contributed by atoms with Gasteiger partial charge in [0.25, 0.3) is 0 Å². The van der Waals surface area contributed by atoms with Crippen LogP contribution in [0.4, 0.5) is 11.4 Å². The standard InChI is InChI=1S/C12H16N2O4/c1-8(15)13-9-4-5-11(18-3)10(6-9)14-12(16)7-17-2/h4-6H,7H2,1-3H3,(H,13,15)(H,14,16). The van der Waals surface area contributed by atoms with Gasteiger partial charge in [0.1, 0.15) is 12.4 Å². The molecule has 0 aliphatic rings. The third-order valence-corrected chi connectivity index (χ3v) is 2.07. The second kappa shape index (κ2) is 6.61. The van der Waals surface area contributed by atoms with E-state index in [1.165, 1.54) is 21.1 Å². The number of amides is 2. The van der Waals surface area contributed by atoms with Crippen LogP contribution in [0.15, 0.2) is 18.2 Å². The first kappa shape index (κ1) is 14.0. The number of hydrogen-bond donors (Lipinski definition) is 2. The molecule has 0 spiro atoms. The van der Waals surface area contributed by atoms with Gasteiger partial charge in [-0.15, -0.1) is 0 Å². The van der Waals surface area contributed by atoms with E-state index in [9.17, 15) is 9.59 Å². The van der Waals surface area contributed by atoms with E-state index >= 15 is 0 Å². The third-order valence-electron chi connectivity index (χ3n) is 2.07. The molecular weight excluding hydrogens is 236 g/mol. The summed E-state index contributed by atoms with van der Waals surface area (Å²) in [6, 6.07) is 4.97. The van der Waals surface area contributed by atoms with Gasteiger partial charge in [-0.2, -0.15) is 0 Å². The average Bonchev–Trinajstić information content (AvgIpc) is 2.28. The summed E-state index contributed by atoms with van der Waals surface area (Å²) in [5, 5.41) is 5.26. The SMILES string of the molecule is COCC(=O)Nc1cc(NC(C)=O)ccc1OC. The molecule has 18 heavy (non-hydrogen) atoms. The minimum absolute atomic E-state index is 0.0481. The predicted molar refractivity (Wildman–Crippen MR) is 67.8 cm³/mol. The summed E-state index contributed by atoms with van der Waals surface area (Å²) in [4.78, 5) is 22.4. The zero-order valence-electron chi connectivity index (χ0n) is 10.6. The summed E-state index contributed by atoms with van der Waals surface area (Å²) in [7, 11) is 2.93. The zero-order chi connectivity index (χ0) is 13.5. The molecule has 98 valence electrons. The molecule has 0 aliphatic carbocycles. The molecule has 0 aromatic heterocycles. The van der Waals surface area contributed by atoms with Gasteiger partial charge in [-0.3, -0.25) is 9.59 Å². The highest BCUT2D eigenvalue weighted by Crippen LogP contribution is 2.27. The van der Waals surface area contributed by atoms with Crippen LogP contribution in [-0.4, -0.2) is 32.6 Å². The summed E-state index contributed by atoms with van der Waals surface area (Å²) in [6.07, 6.45) is 0. The van der Waals surface area contributed by atoms with Gasteiger partial charge >= 0.3 is 0 Å². The Morgan fingerprint density at radius 1 is 1.22 bits per heavy atom. The molecule has 6 heteroatoms. The topological polar surface area (TPSA) is 76.7 Å². The normalized spacial score (nSPS) is 9.72. The van der Waals surface area contributed by atoms with Crippen LogP contribution in [0, 0.1) is 0 Å². The van der Waals surface area contributed by atoms with Crippen LogP contribution < -0.4 is 15.4 Å². The molecule has 0 saturated carbocycles. The lowest BCUT2D eigenvalue weighted by molar-refractivity contribution is -0.119. The minimum Gasteiger partial charge on any atom is -0.495 e. The van der Waals surface area contributed by atoms with Crippen LogP contribution in [-0.2, 0) is 14.3 Å². The number of benzene rings is 1. The molecule has 2 amide bonds. The van der Waals surface area contributed by atoms with Crippen LogP contribution in [0.2, 0.25) is 0 Å². The van der Waals surface area contributed by atoms with Crippen molar-refractivity contribution in [3.05, 3.63) is 18.2 Å². The summed E-state index contributed by atoms with van der Waals surface area (Å²) in [5.41, 5.74) is 1.06. The molecule has 0 radical (unpaired) electrons. The van der Waals surface area contributed by atoms with E-state index in [1.54, 1.807) is 18.2 Å². The van der Waals surface area contributed by atoms with Crippen molar-refractivity contribution in [2.45, 2.75) is 6.92 Å². The van der Waals surface area contributed by atoms with Crippen molar-refractivity contribution < 1.29 is 19.1 Å². The van der Waals surface area contributed by atoms with Crippen molar-refractivity contribution in [3.63, 3.8) is 0 Å². The van der Waals surface area contributed by atoms with Gasteiger partial charge in [-0.05, 0) is 18.2 Å². The lowest BCUT2D eigenvalue weighted by atomic mass is 10.2. The molecule has 0 saturated heterocycles. The Kier molecular flexibility index (Phi) is 5.13. The van der Waals surface area contributed by atoms with Crippen molar-refractivity contribution in [1.82, 2.24) is 0 Å². The Hall–Kier alpha value is -2.08. The molecule has 1 aromatic rings. The Morgan fingerprint density at radius 2 is 1.94 bits per heavy atom. The Labute approximate surface area is 105 Å². The van der Waals surface area contributed by atoms with Crippen molar-refractivity contribution in [2.75, 3.05) is 31.5 Å². The molecule has 1 aromatic carbocycles. The fourth-order valence-corrected chi connectivity index (χ4v) is 1.40. The number of hydrogen-bond acceptors (Lipinski definition) is 4. The number of carbonyl (C=O) groups is 2. The molecule has 1 rings (SSSR count).